The van der Waals surface area contributed by atoms with Crippen molar-refractivity contribution < 1.29 is 0 Å². The molecule has 15 aromatic rings. The monoisotopic (exact) mass is 1080 g/mol. The maximum Gasteiger partial charge on any atom is 0.160 e. The van der Waals surface area contributed by atoms with E-state index < -0.39 is 0 Å². The summed E-state index contributed by atoms with van der Waals surface area (Å²) in [4.78, 5) is 21.8. The fraction of sp³-hybridized carbons (Fsp3) is 0.0263. The third kappa shape index (κ3) is 7.63. The molecule has 0 spiro atoms. The first kappa shape index (κ1) is 46.9. The minimum absolute atomic E-state index is 0.0116. The number of hydrogen-bond acceptors (Lipinski definition) is 6. The molecule has 4 aromatic heterocycles. The molecule has 0 radical (unpaired) electrons. The van der Waals surface area contributed by atoms with E-state index in [9.17, 15) is 0 Å². The van der Waals surface area contributed by atoms with Crippen LogP contribution in [0.2, 0.25) is 0 Å². The lowest BCUT2D eigenvalue weighted by Crippen LogP contribution is -2.27. The second-order valence-electron chi connectivity index (χ2n) is 21.5. The maximum absolute atomic E-state index is 5.51. The Labute approximate surface area is 482 Å². The highest BCUT2D eigenvalue weighted by molar-refractivity contribution is 7.26. The van der Waals surface area contributed by atoms with Crippen molar-refractivity contribution in [2.45, 2.75) is 11.8 Å². The molecule has 18 rings (SSSR count). The largest absolute Gasteiger partial charge is 0.228 e. The fourth-order valence-corrected chi connectivity index (χ4v) is 15.3. The molecule has 82 heavy (non-hydrogen) atoms. The molecule has 0 amide bonds. The molecule has 6 heteroatoms. The van der Waals surface area contributed by atoms with Crippen LogP contribution in [0.25, 0.3) is 130 Å². The van der Waals surface area contributed by atoms with Gasteiger partial charge in [-0.2, -0.15) is 0 Å². The van der Waals surface area contributed by atoms with Crippen LogP contribution in [0.5, 0.6) is 0 Å². The molecular formula is C76H46N4S2. The van der Waals surface area contributed by atoms with Crippen LogP contribution in [-0.4, -0.2) is 19.9 Å². The summed E-state index contributed by atoms with van der Waals surface area (Å²) in [6.07, 6.45) is 0. The summed E-state index contributed by atoms with van der Waals surface area (Å²) < 4.78 is 5.18. The minimum atomic E-state index is 0.0116. The van der Waals surface area contributed by atoms with E-state index in [0.717, 1.165) is 78.4 Å². The summed E-state index contributed by atoms with van der Waals surface area (Å²) in [5, 5.41) is 5.13. The Kier molecular flexibility index (Phi) is 10.8. The number of aromatic nitrogens is 4. The summed E-state index contributed by atoms with van der Waals surface area (Å²) in [6, 6.07) is 96.9. The zero-order chi connectivity index (χ0) is 53.8. The second kappa shape index (κ2) is 18.8. The number of fused-ring (bicyclic) bond motifs is 6. The number of thiophene rings is 2. The molecule has 11 aromatic carbocycles. The highest BCUT2D eigenvalue weighted by Gasteiger charge is 2.41. The lowest BCUT2D eigenvalue weighted by Gasteiger charge is -2.42. The average Bonchev–Trinajstić information content (AvgIpc) is 2.46. The van der Waals surface area contributed by atoms with Gasteiger partial charge in [-0.25, -0.2) is 19.9 Å². The van der Waals surface area contributed by atoms with Gasteiger partial charge in [0.1, 0.15) is 0 Å². The third-order valence-electron chi connectivity index (χ3n) is 16.9. The van der Waals surface area contributed by atoms with Gasteiger partial charge in [0.25, 0.3) is 0 Å². The van der Waals surface area contributed by atoms with Crippen LogP contribution >= 0.6 is 22.7 Å². The van der Waals surface area contributed by atoms with E-state index in [4.69, 9.17) is 19.9 Å². The molecule has 0 saturated heterocycles. The summed E-state index contributed by atoms with van der Waals surface area (Å²) in [7, 11) is 0. The van der Waals surface area contributed by atoms with Crippen molar-refractivity contribution in [3.8, 4) is 90.1 Å². The zero-order valence-electron chi connectivity index (χ0n) is 44.2. The Morgan fingerprint density at radius 2 is 0.573 bits per heavy atom. The quantitative estimate of drug-likeness (QED) is 0.152. The predicted octanol–water partition coefficient (Wildman–Crippen LogP) is 20.3. The first-order chi connectivity index (χ1) is 40.6. The molecule has 4 nitrogen and oxygen atoms in total. The van der Waals surface area contributed by atoms with Gasteiger partial charge in [-0.15, -0.1) is 22.7 Å². The third-order valence-corrected chi connectivity index (χ3v) is 19.2. The van der Waals surface area contributed by atoms with E-state index in [1.54, 1.807) is 0 Å². The van der Waals surface area contributed by atoms with E-state index in [2.05, 4.69) is 267 Å². The van der Waals surface area contributed by atoms with Crippen LogP contribution in [0.15, 0.2) is 267 Å². The van der Waals surface area contributed by atoms with Crippen LogP contribution < -0.4 is 0 Å². The van der Waals surface area contributed by atoms with Crippen molar-refractivity contribution in [1.82, 2.24) is 19.9 Å². The van der Waals surface area contributed by atoms with Gasteiger partial charge >= 0.3 is 0 Å². The number of hydrogen-bond donors (Lipinski definition) is 0. The van der Waals surface area contributed by atoms with Crippen LogP contribution in [0.4, 0.5) is 0 Å². The molecule has 2 bridgehead atoms. The first-order valence-corrected chi connectivity index (χ1v) is 29.5. The van der Waals surface area contributed by atoms with Crippen molar-refractivity contribution >= 4 is 63.0 Å². The van der Waals surface area contributed by atoms with Gasteiger partial charge in [-0.3, -0.25) is 0 Å². The van der Waals surface area contributed by atoms with Crippen molar-refractivity contribution in [3.63, 3.8) is 0 Å². The molecule has 0 fully saturated rings. The van der Waals surface area contributed by atoms with Crippen molar-refractivity contribution in [2.24, 2.45) is 0 Å². The Morgan fingerprint density at radius 1 is 0.220 bits per heavy atom. The van der Waals surface area contributed by atoms with E-state index >= 15 is 0 Å². The highest BCUT2D eigenvalue weighted by atomic mass is 32.1. The molecule has 0 aliphatic heterocycles. The Bertz CT molecular complexity index is 4760. The molecule has 0 N–H and O–H groups in total. The second-order valence-corrected chi connectivity index (χ2v) is 23.7. The Balaban J connectivity index is 0.781. The van der Waals surface area contributed by atoms with Crippen molar-refractivity contribution in [1.29, 1.82) is 0 Å². The molecule has 3 aliphatic carbocycles. The average molecular weight is 1080 g/mol. The van der Waals surface area contributed by atoms with Gasteiger partial charge in [0.05, 0.1) is 22.8 Å². The van der Waals surface area contributed by atoms with E-state index in [1.807, 2.05) is 22.7 Å². The fourth-order valence-electron chi connectivity index (χ4n) is 13.1. The van der Waals surface area contributed by atoms with Crippen LogP contribution in [0.1, 0.15) is 45.2 Å². The van der Waals surface area contributed by atoms with Gasteiger partial charge in [0.2, 0.25) is 0 Å². The Morgan fingerprint density at radius 3 is 1.04 bits per heavy atom. The SMILES string of the molecule is c1ccc(-c2cc(-c3ccccc3-c3ccc4sc5ccccc5c4c3)nc(-c3ccc4c(c3)C3c5ccccc5C4c4cc(-c5nc(-c6ccccc6)cc(-c6ccccc6-c6ccc7sc8ccccc8c7c6)n5)ccc43)n2)cc1. The molecule has 382 valence electrons. The van der Waals surface area contributed by atoms with Crippen molar-refractivity contribution in [3.05, 3.63) is 300 Å². The zero-order valence-corrected chi connectivity index (χ0v) is 45.8. The smallest absolute Gasteiger partial charge is 0.160 e. The summed E-state index contributed by atoms with van der Waals surface area (Å²) in [6.45, 7) is 0. The molecular weight excluding hydrogens is 1030 g/mol. The lowest BCUT2D eigenvalue weighted by molar-refractivity contribution is 0.754. The van der Waals surface area contributed by atoms with Gasteiger partial charge < -0.3 is 0 Å². The normalized spacial score (nSPS) is 14.1. The molecule has 2 atom stereocenters. The summed E-state index contributed by atoms with van der Waals surface area (Å²) in [5.74, 6) is 1.42. The lowest BCUT2D eigenvalue weighted by atomic mass is 9.61. The van der Waals surface area contributed by atoms with Crippen LogP contribution in [0, 0.1) is 0 Å². The molecule has 3 aliphatic rings. The summed E-state index contributed by atoms with van der Waals surface area (Å²) in [5.41, 5.74) is 22.2. The van der Waals surface area contributed by atoms with Gasteiger partial charge in [-0.05, 0) is 116 Å². The predicted molar refractivity (Wildman–Crippen MR) is 342 cm³/mol. The topological polar surface area (TPSA) is 51.6 Å². The van der Waals surface area contributed by atoms with E-state index in [0.29, 0.717) is 11.6 Å². The van der Waals surface area contributed by atoms with E-state index in [-0.39, 0.29) is 11.8 Å². The number of rotatable bonds is 8. The first-order valence-electron chi connectivity index (χ1n) is 27.9. The summed E-state index contributed by atoms with van der Waals surface area (Å²) >= 11 is 3.69. The standard InChI is InChI=1S/C76H46N4S2/c1-3-17-45(18-4-1)65-43-67(53-23-9-7-21-51(53)47-33-37-71-61(39-47)55-25-13-15-29-69(55)81-71)79-75(77-65)49-31-35-59-63(41-49)73-57-27-11-12-28-58(57)74(59)64-42-50(32-36-60(64)73)76-78-66(46-19-5-2-6-20-46)44-68(80-76)54-24-10-8-22-52(54)48-34-38-72-62(40-48)56-26-14-16-30-70(56)82-72/h1-44,73-74H. The van der Waals surface area contributed by atoms with Crippen LogP contribution in [0.3, 0.4) is 0 Å². The van der Waals surface area contributed by atoms with Gasteiger partial charge in [-0.1, -0.05) is 206 Å². The molecule has 4 heterocycles. The molecule has 2 unspecified atom stereocenters. The number of benzene rings is 11. The maximum atomic E-state index is 5.51. The van der Waals surface area contributed by atoms with Crippen LogP contribution in [-0.2, 0) is 0 Å². The van der Waals surface area contributed by atoms with Gasteiger partial charge in [0.15, 0.2) is 11.6 Å². The molecule has 0 saturated carbocycles. The highest BCUT2D eigenvalue weighted by Crippen LogP contribution is 2.57. The minimum Gasteiger partial charge on any atom is -0.228 e. The van der Waals surface area contributed by atoms with E-state index in [1.165, 1.54) is 73.7 Å². The Hall–Kier alpha value is -9.98. The number of nitrogens with zero attached hydrogens (tertiary/aromatic N) is 4. The van der Waals surface area contributed by atoms with Gasteiger partial charge in [0, 0.05) is 85.6 Å². The van der Waals surface area contributed by atoms with Crippen molar-refractivity contribution in [2.75, 3.05) is 0 Å².